The van der Waals surface area contributed by atoms with Gasteiger partial charge in [-0.05, 0) is 32.8 Å². The molecule has 0 aromatic carbocycles. The van der Waals surface area contributed by atoms with Crippen molar-refractivity contribution in [1.82, 2.24) is 5.32 Å². The van der Waals surface area contributed by atoms with Crippen LogP contribution in [0.1, 0.15) is 36.8 Å². The molecule has 0 aliphatic heterocycles. The van der Waals surface area contributed by atoms with Crippen LogP contribution in [-0.4, -0.2) is 12.6 Å². The summed E-state index contributed by atoms with van der Waals surface area (Å²) in [5, 5.41) is 3.43. The molecular formula is C12H19NO2. The van der Waals surface area contributed by atoms with Gasteiger partial charge in [-0.15, -0.1) is 0 Å². The molecule has 3 heteroatoms. The number of furan rings is 1. The summed E-state index contributed by atoms with van der Waals surface area (Å²) in [6.07, 6.45) is 2.62. The molecule has 2 rings (SSSR count). The number of rotatable bonds is 6. The van der Waals surface area contributed by atoms with Crippen molar-refractivity contribution in [3.63, 3.8) is 0 Å². The van der Waals surface area contributed by atoms with Gasteiger partial charge < -0.3 is 14.5 Å². The van der Waals surface area contributed by atoms with Crippen molar-refractivity contribution in [2.45, 2.75) is 45.9 Å². The Kier molecular flexibility index (Phi) is 3.44. The van der Waals surface area contributed by atoms with Crippen molar-refractivity contribution in [2.24, 2.45) is 0 Å². The van der Waals surface area contributed by atoms with Gasteiger partial charge in [-0.25, -0.2) is 0 Å². The second-order valence-electron chi connectivity index (χ2n) is 4.09. The quantitative estimate of drug-likeness (QED) is 0.781. The SMILES string of the molecule is CCOCc1cc(CNC2CC2)oc1C. The number of ether oxygens (including phenoxy) is 1. The number of hydrogen-bond donors (Lipinski definition) is 1. The number of aryl methyl sites for hydroxylation is 1. The lowest BCUT2D eigenvalue weighted by Crippen LogP contribution is -2.14. The Balaban J connectivity index is 1.87. The summed E-state index contributed by atoms with van der Waals surface area (Å²) in [5.74, 6) is 2.00. The molecule has 0 bridgehead atoms. The van der Waals surface area contributed by atoms with Crippen molar-refractivity contribution in [2.75, 3.05) is 6.61 Å². The molecule has 0 amide bonds. The van der Waals surface area contributed by atoms with Crippen LogP contribution in [0.5, 0.6) is 0 Å². The van der Waals surface area contributed by atoms with Crippen LogP contribution in [0.25, 0.3) is 0 Å². The maximum atomic E-state index is 5.65. The van der Waals surface area contributed by atoms with Crippen LogP contribution < -0.4 is 5.32 Å². The predicted octanol–water partition coefficient (Wildman–Crippen LogP) is 2.38. The molecule has 1 aromatic heterocycles. The molecule has 1 aromatic rings. The smallest absolute Gasteiger partial charge is 0.118 e. The number of nitrogens with one attached hydrogen (secondary N) is 1. The van der Waals surface area contributed by atoms with E-state index in [9.17, 15) is 0 Å². The first kappa shape index (κ1) is 10.7. The van der Waals surface area contributed by atoms with Crippen LogP contribution in [0.2, 0.25) is 0 Å². The molecule has 84 valence electrons. The molecule has 3 nitrogen and oxygen atoms in total. The van der Waals surface area contributed by atoms with Crippen molar-refractivity contribution in [3.8, 4) is 0 Å². The molecule has 1 aliphatic rings. The van der Waals surface area contributed by atoms with Gasteiger partial charge >= 0.3 is 0 Å². The summed E-state index contributed by atoms with van der Waals surface area (Å²) in [7, 11) is 0. The van der Waals surface area contributed by atoms with Gasteiger partial charge in [0.15, 0.2) is 0 Å². The first-order valence-electron chi connectivity index (χ1n) is 5.69. The van der Waals surface area contributed by atoms with Crippen LogP contribution >= 0.6 is 0 Å². The van der Waals surface area contributed by atoms with E-state index in [1.807, 2.05) is 13.8 Å². The molecular weight excluding hydrogens is 190 g/mol. The maximum Gasteiger partial charge on any atom is 0.118 e. The Morgan fingerprint density at radius 2 is 2.33 bits per heavy atom. The summed E-state index contributed by atoms with van der Waals surface area (Å²) >= 11 is 0. The van der Waals surface area contributed by atoms with Crippen LogP contribution in [-0.2, 0) is 17.9 Å². The molecule has 1 heterocycles. The van der Waals surface area contributed by atoms with E-state index in [1.165, 1.54) is 18.4 Å². The zero-order chi connectivity index (χ0) is 10.7. The van der Waals surface area contributed by atoms with Gasteiger partial charge in [0.2, 0.25) is 0 Å². The lowest BCUT2D eigenvalue weighted by Gasteiger charge is -1.97. The highest BCUT2D eigenvalue weighted by Gasteiger charge is 2.20. The largest absolute Gasteiger partial charge is 0.465 e. The first-order chi connectivity index (χ1) is 7.29. The Morgan fingerprint density at radius 1 is 1.53 bits per heavy atom. The fourth-order valence-electron chi connectivity index (χ4n) is 1.56. The van der Waals surface area contributed by atoms with Gasteiger partial charge in [-0.1, -0.05) is 0 Å². The van der Waals surface area contributed by atoms with Crippen LogP contribution in [0, 0.1) is 6.92 Å². The van der Waals surface area contributed by atoms with Gasteiger partial charge in [0.05, 0.1) is 13.2 Å². The zero-order valence-electron chi connectivity index (χ0n) is 9.51. The summed E-state index contributed by atoms with van der Waals surface area (Å²) in [5.41, 5.74) is 1.17. The Hall–Kier alpha value is -0.800. The van der Waals surface area contributed by atoms with Gasteiger partial charge in [-0.3, -0.25) is 0 Å². The Bertz CT molecular complexity index is 315. The van der Waals surface area contributed by atoms with Crippen molar-refractivity contribution in [3.05, 3.63) is 23.2 Å². The minimum Gasteiger partial charge on any atom is -0.465 e. The van der Waals surface area contributed by atoms with Gasteiger partial charge in [0.1, 0.15) is 11.5 Å². The fraction of sp³-hybridized carbons (Fsp3) is 0.667. The van der Waals surface area contributed by atoms with Gasteiger partial charge in [0, 0.05) is 18.2 Å². The number of hydrogen-bond acceptors (Lipinski definition) is 3. The lowest BCUT2D eigenvalue weighted by molar-refractivity contribution is 0.133. The molecule has 0 radical (unpaired) electrons. The minimum absolute atomic E-state index is 0.662. The highest BCUT2D eigenvalue weighted by Crippen LogP contribution is 2.21. The van der Waals surface area contributed by atoms with Crippen LogP contribution in [0.3, 0.4) is 0 Å². The van der Waals surface area contributed by atoms with Gasteiger partial charge in [-0.2, -0.15) is 0 Å². The molecule has 1 aliphatic carbocycles. The zero-order valence-corrected chi connectivity index (χ0v) is 9.51. The molecule has 15 heavy (non-hydrogen) atoms. The third kappa shape index (κ3) is 3.08. The summed E-state index contributed by atoms with van der Waals surface area (Å²) in [6.45, 7) is 6.26. The normalized spacial score (nSPS) is 15.9. The highest BCUT2D eigenvalue weighted by atomic mass is 16.5. The topological polar surface area (TPSA) is 34.4 Å². The molecule has 1 saturated carbocycles. The van der Waals surface area contributed by atoms with E-state index >= 15 is 0 Å². The third-order valence-corrected chi connectivity index (χ3v) is 2.68. The van der Waals surface area contributed by atoms with Crippen molar-refractivity contribution < 1.29 is 9.15 Å². The van der Waals surface area contributed by atoms with E-state index in [0.29, 0.717) is 6.61 Å². The van der Waals surface area contributed by atoms with E-state index in [0.717, 1.165) is 30.7 Å². The predicted molar refractivity (Wildman–Crippen MR) is 58.6 cm³/mol. The summed E-state index contributed by atoms with van der Waals surface area (Å²) in [6, 6.07) is 2.83. The molecule has 0 unspecified atom stereocenters. The summed E-state index contributed by atoms with van der Waals surface area (Å²) in [4.78, 5) is 0. The van der Waals surface area contributed by atoms with Crippen molar-refractivity contribution in [1.29, 1.82) is 0 Å². The van der Waals surface area contributed by atoms with E-state index in [4.69, 9.17) is 9.15 Å². The highest BCUT2D eigenvalue weighted by molar-refractivity contribution is 5.20. The molecule has 0 saturated heterocycles. The van der Waals surface area contributed by atoms with E-state index < -0.39 is 0 Å². The Labute approximate surface area is 90.8 Å². The monoisotopic (exact) mass is 209 g/mol. The van der Waals surface area contributed by atoms with Crippen molar-refractivity contribution >= 4 is 0 Å². The third-order valence-electron chi connectivity index (χ3n) is 2.68. The van der Waals surface area contributed by atoms with Gasteiger partial charge in [0.25, 0.3) is 0 Å². The molecule has 0 atom stereocenters. The minimum atomic E-state index is 0.662. The molecule has 1 N–H and O–H groups in total. The second kappa shape index (κ2) is 4.81. The average molecular weight is 209 g/mol. The maximum absolute atomic E-state index is 5.65. The van der Waals surface area contributed by atoms with E-state index in [1.54, 1.807) is 0 Å². The standard InChI is InChI=1S/C12H19NO2/c1-3-14-8-10-6-12(15-9(10)2)7-13-11-4-5-11/h6,11,13H,3-5,7-8H2,1-2H3. The summed E-state index contributed by atoms with van der Waals surface area (Å²) < 4.78 is 11.0. The van der Waals surface area contributed by atoms with E-state index in [2.05, 4.69) is 11.4 Å². The van der Waals surface area contributed by atoms with Crippen LogP contribution in [0.15, 0.2) is 10.5 Å². The lowest BCUT2D eigenvalue weighted by atomic mass is 10.2. The van der Waals surface area contributed by atoms with Crippen LogP contribution in [0.4, 0.5) is 0 Å². The molecule has 1 fully saturated rings. The second-order valence-corrected chi connectivity index (χ2v) is 4.09. The first-order valence-corrected chi connectivity index (χ1v) is 5.69. The average Bonchev–Trinajstić information content (AvgIpc) is 2.98. The Morgan fingerprint density at radius 3 is 3.00 bits per heavy atom. The molecule has 0 spiro atoms. The van der Waals surface area contributed by atoms with E-state index in [-0.39, 0.29) is 0 Å². The fourth-order valence-corrected chi connectivity index (χ4v) is 1.56.